The summed E-state index contributed by atoms with van der Waals surface area (Å²) in [6.45, 7) is 0.161. The zero-order valence-corrected chi connectivity index (χ0v) is 12.8. The Morgan fingerprint density at radius 3 is 2.62 bits per heavy atom. The number of rotatable bonds is 5. The number of furan rings is 1. The first kappa shape index (κ1) is 15.5. The Balaban J connectivity index is 2.12. The monoisotopic (exact) mass is 375 g/mol. The molecule has 2 aromatic rings. The third-order valence-corrected chi connectivity index (χ3v) is 3.98. The summed E-state index contributed by atoms with van der Waals surface area (Å²) in [6.07, 6.45) is 0. The summed E-state index contributed by atoms with van der Waals surface area (Å²) < 4.78 is 27.5. The van der Waals surface area contributed by atoms with Gasteiger partial charge in [0, 0.05) is 11.8 Å². The molecule has 0 atom stereocenters. The highest BCUT2D eigenvalue weighted by molar-refractivity contribution is 9.10. The van der Waals surface area contributed by atoms with Crippen molar-refractivity contribution in [2.45, 2.75) is 11.6 Å². The van der Waals surface area contributed by atoms with Gasteiger partial charge < -0.3 is 9.73 Å². The highest BCUT2D eigenvalue weighted by Gasteiger charge is 2.14. The molecule has 8 nitrogen and oxygen atoms in total. The molecule has 0 aliphatic rings. The number of sulfonamides is 1. The molecule has 0 radical (unpaired) electrons. The van der Waals surface area contributed by atoms with Crippen LogP contribution < -0.4 is 10.5 Å². The van der Waals surface area contributed by atoms with E-state index in [-0.39, 0.29) is 17.3 Å². The summed E-state index contributed by atoms with van der Waals surface area (Å²) in [5, 5.41) is 18.3. The first-order chi connectivity index (χ1) is 9.77. The van der Waals surface area contributed by atoms with E-state index in [4.69, 9.17) is 9.56 Å². The van der Waals surface area contributed by atoms with Crippen LogP contribution in [0.2, 0.25) is 0 Å². The van der Waals surface area contributed by atoms with Gasteiger partial charge in [0.05, 0.1) is 15.9 Å². The van der Waals surface area contributed by atoms with Crippen molar-refractivity contribution >= 4 is 37.3 Å². The minimum absolute atomic E-state index is 0.0790. The number of nitro groups is 1. The predicted molar refractivity (Wildman–Crippen MR) is 78.2 cm³/mol. The average molecular weight is 376 g/mol. The van der Waals surface area contributed by atoms with Crippen LogP contribution in [0.3, 0.4) is 0 Å². The second kappa shape index (κ2) is 5.84. The molecule has 0 fully saturated rings. The molecule has 0 aliphatic heterocycles. The third-order valence-electron chi connectivity index (χ3n) is 2.53. The van der Waals surface area contributed by atoms with Gasteiger partial charge in [0.15, 0.2) is 0 Å². The molecule has 1 heterocycles. The predicted octanol–water partition coefficient (Wildman–Crippen LogP) is 2.21. The van der Waals surface area contributed by atoms with E-state index < -0.39 is 14.9 Å². The first-order valence-electron chi connectivity index (χ1n) is 5.56. The summed E-state index contributed by atoms with van der Waals surface area (Å²) in [5.74, 6) is 0.338. The van der Waals surface area contributed by atoms with Crippen LogP contribution in [0, 0.1) is 10.1 Å². The standard InChI is InChI=1S/C11H10BrN3O5S/c12-9-3-1-7(5-10(9)15(16)17)14-6-8-2-4-11(20-8)21(13,18)19/h1-5,14H,6H2,(H2,13,18,19). The topological polar surface area (TPSA) is 128 Å². The minimum Gasteiger partial charge on any atom is -0.446 e. The number of hydrogen-bond donors (Lipinski definition) is 2. The normalized spacial score (nSPS) is 11.3. The van der Waals surface area contributed by atoms with Crippen LogP contribution in [0.15, 0.2) is 44.3 Å². The molecular weight excluding hydrogens is 366 g/mol. The number of nitrogens with one attached hydrogen (secondary N) is 1. The number of benzene rings is 1. The lowest BCUT2D eigenvalue weighted by atomic mass is 10.3. The molecule has 3 N–H and O–H groups in total. The summed E-state index contributed by atoms with van der Waals surface area (Å²) >= 11 is 3.08. The molecule has 2 rings (SSSR count). The summed E-state index contributed by atoms with van der Waals surface area (Å²) in [4.78, 5) is 10.3. The lowest BCUT2D eigenvalue weighted by Crippen LogP contribution is -2.10. The van der Waals surface area contributed by atoms with Gasteiger partial charge in [-0.2, -0.15) is 0 Å². The summed E-state index contributed by atoms with van der Waals surface area (Å²) in [6, 6.07) is 7.24. The highest BCUT2D eigenvalue weighted by atomic mass is 79.9. The van der Waals surface area contributed by atoms with Crippen molar-refractivity contribution in [1.29, 1.82) is 0 Å². The highest BCUT2D eigenvalue weighted by Crippen LogP contribution is 2.28. The SMILES string of the molecule is NS(=O)(=O)c1ccc(CNc2ccc(Br)c([N+](=O)[O-])c2)o1. The fourth-order valence-electron chi connectivity index (χ4n) is 1.56. The van der Waals surface area contributed by atoms with E-state index in [9.17, 15) is 18.5 Å². The molecule has 1 aromatic heterocycles. The quantitative estimate of drug-likeness (QED) is 0.608. The van der Waals surface area contributed by atoms with Gasteiger partial charge in [-0.25, -0.2) is 13.6 Å². The average Bonchev–Trinajstić information content (AvgIpc) is 2.86. The van der Waals surface area contributed by atoms with Crippen LogP contribution in [0.4, 0.5) is 11.4 Å². The maximum absolute atomic E-state index is 11.1. The Bertz CT molecular complexity index is 787. The number of halogens is 1. The number of nitro benzene ring substituents is 1. The van der Waals surface area contributed by atoms with E-state index in [0.717, 1.165) is 0 Å². The maximum atomic E-state index is 11.1. The van der Waals surface area contributed by atoms with E-state index in [1.54, 1.807) is 12.1 Å². The number of hydrogen-bond acceptors (Lipinski definition) is 6. The Morgan fingerprint density at radius 2 is 2.05 bits per heavy atom. The zero-order valence-electron chi connectivity index (χ0n) is 10.4. The van der Waals surface area contributed by atoms with Gasteiger partial charge in [0.25, 0.3) is 15.7 Å². The molecule has 0 aliphatic carbocycles. The van der Waals surface area contributed by atoms with Crippen molar-refractivity contribution in [1.82, 2.24) is 0 Å². The summed E-state index contributed by atoms with van der Waals surface area (Å²) in [7, 11) is -3.88. The van der Waals surface area contributed by atoms with Crippen molar-refractivity contribution in [2.24, 2.45) is 5.14 Å². The molecule has 0 saturated heterocycles. The molecule has 0 spiro atoms. The molecule has 0 amide bonds. The van der Waals surface area contributed by atoms with Crippen molar-refractivity contribution in [3.8, 4) is 0 Å². The lowest BCUT2D eigenvalue weighted by molar-refractivity contribution is -0.385. The van der Waals surface area contributed by atoms with E-state index in [0.29, 0.717) is 15.9 Å². The third kappa shape index (κ3) is 3.80. The van der Waals surface area contributed by atoms with Crippen LogP contribution in [0.25, 0.3) is 0 Å². The Kier molecular flexibility index (Phi) is 4.30. The summed E-state index contributed by atoms with van der Waals surface area (Å²) in [5.41, 5.74) is 0.420. The molecule has 0 unspecified atom stereocenters. The molecular formula is C11H10BrN3O5S. The van der Waals surface area contributed by atoms with Gasteiger partial charge in [-0.05, 0) is 40.2 Å². The van der Waals surface area contributed by atoms with E-state index >= 15 is 0 Å². The maximum Gasteiger partial charge on any atom is 0.285 e. The Hall–Kier alpha value is -1.91. The van der Waals surface area contributed by atoms with Gasteiger partial charge in [0.2, 0.25) is 5.09 Å². The van der Waals surface area contributed by atoms with Crippen molar-refractivity contribution < 1.29 is 17.8 Å². The van der Waals surface area contributed by atoms with Crippen LogP contribution in [-0.4, -0.2) is 13.3 Å². The van der Waals surface area contributed by atoms with Crippen molar-refractivity contribution in [3.63, 3.8) is 0 Å². The van der Waals surface area contributed by atoms with E-state index in [1.807, 2.05) is 0 Å². The van der Waals surface area contributed by atoms with Crippen LogP contribution in [0.1, 0.15) is 5.76 Å². The van der Waals surface area contributed by atoms with Gasteiger partial charge in [-0.3, -0.25) is 10.1 Å². The van der Waals surface area contributed by atoms with Crippen molar-refractivity contribution in [3.05, 3.63) is 50.7 Å². The lowest BCUT2D eigenvalue weighted by Gasteiger charge is -2.05. The minimum atomic E-state index is -3.88. The Morgan fingerprint density at radius 1 is 1.33 bits per heavy atom. The molecule has 10 heteroatoms. The zero-order chi connectivity index (χ0) is 15.6. The number of nitrogens with two attached hydrogens (primary N) is 1. The second-order valence-corrected chi connectivity index (χ2v) is 6.39. The number of nitrogens with zero attached hydrogens (tertiary/aromatic N) is 1. The molecule has 0 bridgehead atoms. The fraction of sp³-hybridized carbons (Fsp3) is 0.0909. The van der Waals surface area contributed by atoms with E-state index in [1.165, 1.54) is 18.2 Å². The molecule has 21 heavy (non-hydrogen) atoms. The smallest absolute Gasteiger partial charge is 0.285 e. The molecule has 0 saturated carbocycles. The second-order valence-electron chi connectivity index (χ2n) is 4.04. The van der Waals surface area contributed by atoms with Crippen LogP contribution in [-0.2, 0) is 16.6 Å². The number of primary sulfonamides is 1. The van der Waals surface area contributed by atoms with Gasteiger partial charge in [0.1, 0.15) is 5.76 Å². The fourth-order valence-corrected chi connectivity index (χ4v) is 2.43. The molecule has 112 valence electrons. The number of anilines is 1. The first-order valence-corrected chi connectivity index (χ1v) is 7.90. The van der Waals surface area contributed by atoms with E-state index in [2.05, 4.69) is 21.2 Å². The Labute approximate surface area is 128 Å². The van der Waals surface area contributed by atoms with Crippen LogP contribution >= 0.6 is 15.9 Å². The largest absolute Gasteiger partial charge is 0.446 e. The van der Waals surface area contributed by atoms with Gasteiger partial charge in [-0.15, -0.1) is 0 Å². The van der Waals surface area contributed by atoms with Crippen LogP contribution in [0.5, 0.6) is 0 Å². The van der Waals surface area contributed by atoms with Crippen molar-refractivity contribution in [2.75, 3.05) is 5.32 Å². The van der Waals surface area contributed by atoms with Gasteiger partial charge >= 0.3 is 0 Å². The van der Waals surface area contributed by atoms with Gasteiger partial charge in [-0.1, -0.05) is 0 Å². The molecule has 1 aromatic carbocycles.